The number of hydrogen-bond acceptors (Lipinski definition) is 2. The van der Waals surface area contributed by atoms with Crippen molar-refractivity contribution in [3.63, 3.8) is 0 Å². The lowest BCUT2D eigenvalue weighted by molar-refractivity contribution is -0.138. The van der Waals surface area contributed by atoms with Crippen molar-refractivity contribution >= 4 is 12.0 Å². The Balaban J connectivity index is 2.47. The zero-order chi connectivity index (χ0) is 13.7. The van der Waals surface area contributed by atoms with Crippen LogP contribution in [0.4, 0.5) is 13.6 Å². The Kier molecular flexibility index (Phi) is 4.59. The van der Waals surface area contributed by atoms with Crippen LogP contribution in [0.25, 0.3) is 0 Å². The number of carboxylic acid groups (broad SMARTS) is 1. The van der Waals surface area contributed by atoms with Gasteiger partial charge in [0, 0.05) is 6.54 Å². The minimum atomic E-state index is -1.17. The van der Waals surface area contributed by atoms with Crippen molar-refractivity contribution in [2.45, 2.75) is 19.5 Å². The maximum absolute atomic E-state index is 12.8. The molecule has 0 aliphatic carbocycles. The van der Waals surface area contributed by atoms with E-state index in [0.29, 0.717) is 5.56 Å². The van der Waals surface area contributed by atoms with Gasteiger partial charge in [-0.25, -0.2) is 13.6 Å². The summed E-state index contributed by atoms with van der Waals surface area (Å²) >= 11 is 0. The van der Waals surface area contributed by atoms with Gasteiger partial charge in [-0.3, -0.25) is 4.79 Å². The van der Waals surface area contributed by atoms with Crippen molar-refractivity contribution in [3.05, 3.63) is 35.4 Å². The van der Waals surface area contributed by atoms with E-state index in [4.69, 9.17) is 5.11 Å². The molecule has 1 rings (SSSR count). The Hall–Kier alpha value is -2.18. The van der Waals surface area contributed by atoms with E-state index in [0.717, 1.165) is 12.1 Å². The Morgan fingerprint density at radius 1 is 1.33 bits per heavy atom. The van der Waals surface area contributed by atoms with Gasteiger partial charge in [-0.05, 0) is 24.6 Å². The molecule has 1 atom stereocenters. The van der Waals surface area contributed by atoms with E-state index >= 15 is 0 Å². The molecule has 0 heterocycles. The summed E-state index contributed by atoms with van der Waals surface area (Å²) in [6.45, 7) is 1.27. The van der Waals surface area contributed by atoms with E-state index < -0.39 is 29.7 Å². The summed E-state index contributed by atoms with van der Waals surface area (Å²) in [5.74, 6) is -3.14. The van der Waals surface area contributed by atoms with Crippen LogP contribution in [0, 0.1) is 11.6 Å². The first-order chi connectivity index (χ1) is 8.40. The maximum Gasteiger partial charge on any atom is 0.325 e. The minimum Gasteiger partial charge on any atom is -0.480 e. The van der Waals surface area contributed by atoms with Gasteiger partial charge in [0.25, 0.3) is 0 Å². The third-order valence-corrected chi connectivity index (χ3v) is 2.16. The van der Waals surface area contributed by atoms with Crippen LogP contribution in [0.5, 0.6) is 0 Å². The zero-order valence-electron chi connectivity index (χ0n) is 9.54. The second-order valence-electron chi connectivity index (χ2n) is 3.64. The number of benzene rings is 1. The fourth-order valence-electron chi connectivity index (χ4n) is 1.14. The SMILES string of the molecule is C[C@H](NC(=O)NCc1ccc(F)c(F)c1)C(=O)O. The van der Waals surface area contributed by atoms with Crippen LogP contribution in [-0.2, 0) is 11.3 Å². The minimum absolute atomic E-state index is 0.0324. The number of amides is 2. The van der Waals surface area contributed by atoms with Gasteiger partial charge < -0.3 is 15.7 Å². The van der Waals surface area contributed by atoms with Crippen molar-refractivity contribution < 1.29 is 23.5 Å². The molecular weight excluding hydrogens is 246 g/mol. The maximum atomic E-state index is 12.8. The molecule has 98 valence electrons. The number of carboxylic acids is 1. The molecule has 0 aromatic heterocycles. The Bertz CT molecular complexity index is 466. The highest BCUT2D eigenvalue weighted by Crippen LogP contribution is 2.08. The zero-order valence-corrected chi connectivity index (χ0v) is 9.54. The van der Waals surface area contributed by atoms with E-state index in [-0.39, 0.29) is 6.54 Å². The highest BCUT2D eigenvalue weighted by molar-refractivity contribution is 5.82. The lowest BCUT2D eigenvalue weighted by Crippen LogP contribution is -2.44. The fourth-order valence-corrected chi connectivity index (χ4v) is 1.14. The largest absolute Gasteiger partial charge is 0.480 e. The van der Waals surface area contributed by atoms with E-state index in [9.17, 15) is 18.4 Å². The predicted octanol–water partition coefficient (Wildman–Crippen LogP) is 1.24. The van der Waals surface area contributed by atoms with Crippen molar-refractivity contribution in [2.24, 2.45) is 0 Å². The Morgan fingerprint density at radius 3 is 2.56 bits per heavy atom. The number of rotatable bonds is 4. The number of nitrogens with one attached hydrogen (secondary N) is 2. The van der Waals surface area contributed by atoms with Gasteiger partial charge in [0.1, 0.15) is 6.04 Å². The van der Waals surface area contributed by atoms with Gasteiger partial charge in [-0.1, -0.05) is 6.07 Å². The summed E-state index contributed by atoms with van der Waals surface area (Å²) in [5.41, 5.74) is 0.368. The summed E-state index contributed by atoms with van der Waals surface area (Å²) < 4.78 is 25.5. The van der Waals surface area contributed by atoms with Crippen LogP contribution >= 0.6 is 0 Å². The Morgan fingerprint density at radius 2 is 2.00 bits per heavy atom. The predicted molar refractivity (Wildman–Crippen MR) is 58.8 cm³/mol. The second kappa shape index (κ2) is 5.95. The van der Waals surface area contributed by atoms with E-state index in [1.165, 1.54) is 13.0 Å². The van der Waals surface area contributed by atoms with Crippen molar-refractivity contribution in [1.82, 2.24) is 10.6 Å². The molecule has 0 bridgehead atoms. The van der Waals surface area contributed by atoms with Crippen LogP contribution in [0.1, 0.15) is 12.5 Å². The number of urea groups is 1. The summed E-state index contributed by atoms with van der Waals surface area (Å²) in [7, 11) is 0. The molecule has 0 saturated heterocycles. The molecule has 2 amide bonds. The summed E-state index contributed by atoms with van der Waals surface area (Å²) in [6, 6.07) is 1.49. The molecule has 5 nitrogen and oxygen atoms in total. The van der Waals surface area contributed by atoms with E-state index in [1.54, 1.807) is 0 Å². The van der Waals surface area contributed by atoms with Crippen LogP contribution < -0.4 is 10.6 Å². The third-order valence-electron chi connectivity index (χ3n) is 2.16. The number of halogens is 2. The molecule has 0 aliphatic rings. The van der Waals surface area contributed by atoms with E-state index in [2.05, 4.69) is 10.6 Å². The number of aliphatic carboxylic acids is 1. The molecule has 0 saturated carbocycles. The average molecular weight is 258 g/mol. The van der Waals surface area contributed by atoms with Gasteiger partial charge in [0.15, 0.2) is 11.6 Å². The Labute approximate surface area is 102 Å². The van der Waals surface area contributed by atoms with Crippen molar-refractivity contribution in [2.75, 3.05) is 0 Å². The molecule has 1 aromatic carbocycles. The topological polar surface area (TPSA) is 78.4 Å². The van der Waals surface area contributed by atoms with E-state index in [1.807, 2.05) is 0 Å². The summed E-state index contributed by atoms with van der Waals surface area (Å²) in [5, 5.41) is 13.0. The molecule has 1 aromatic rings. The first-order valence-corrected chi connectivity index (χ1v) is 5.11. The quantitative estimate of drug-likeness (QED) is 0.760. The highest BCUT2D eigenvalue weighted by atomic mass is 19.2. The first-order valence-electron chi connectivity index (χ1n) is 5.11. The monoisotopic (exact) mass is 258 g/mol. The normalized spacial score (nSPS) is 11.7. The van der Waals surface area contributed by atoms with Gasteiger partial charge in [0.2, 0.25) is 0 Å². The summed E-state index contributed by atoms with van der Waals surface area (Å²) in [4.78, 5) is 21.7. The van der Waals surface area contributed by atoms with Crippen molar-refractivity contribution in [1.29, 1.82) is 0 Å². The highest BCUT2D eigenvalue weighted by Gasteiger charge is 2.13. The molecule has 0 unspecified atom stereocenters. The fraction of sp³-hybridized carbons (Fsp3) is 0.273. The lowest BCUT2D eigenvalue weighted by atomic mass is 10.2. The molecule has 18 heavy (non-hydrogen) atoms. The first kappa shape index (κ1) is 13.9. The van der Waals surface area contributed by atoms with Gasteiger partial charge in [0.05, 0.1) is 0 Å². The molecule has 7 heteroatoms. The summed E-state index contributed by atoms with van der Waals surface area (Å²) in [6.07, 6.45) is 0. The van der Waals surface area contributed by atoms with Gasteiger partial charge in [-0.2, -0.15) is 0 Å². The van der Waals surface area contributed by atoms with Crippen LogP contribution in [0.3, 0.4) is 0 Å². The van der Waals surface area contributed by atoms with Crippen LogP contribution in [0.2, 0.25) is 0 Å². The molecule has 0 aliphatic heterocycles. The number of hydrogen-bond donors (Lipinski definition) is 3. The van der Waals surface area contributed by atoms with Gasteiger partial charge in [-0.15, -0.1) is 0 Å². The van der Waals surface area contributed by atoms with Crippen molar-refractivity contribution in [3.8, 4) is 0 Å². The molecule has 3 N–H and O–H groups in total. The smallest absolute Gasteiger partial charge is 0.325 e. The average Bonchev–Trinajstić information content (AvgIpc) is 2.30. The van der Waals surface area contributed by atoms with Crippen LogP contribution in [-0.4, -0.2) is 23.1 Å². The molecule has 0 fully saturated rings. The second-order valence-corrected chi connectivity index (χ2v) is 3.64. The number of carbonyl (C=O) groups excluding carboxylic acids is 1. The van der Waals surface area contributed by atoms with Crippen LogP contribution in [0.15, 0.2) is 18.2 Å². The van der Waals surface area contributed by atoms with Gasteiger partial charge >= 0.3 is 12.0 Å². The molecular formula is C11H12F2N2O3. The number of carbonyl (C=O) groups is 2. The third kappa shape index (κ3) is 4.00. The lowest BCUT2D eigenvalue weighted by Gasteiger charge is -2.10. The standard InChI is InChI=1S/C11H12F2N2O3/c1-6(10(16)17)15-11(18)14-5-7-2-3-8(12)9(13)4-7/h2-4,6H,5H2,1H3,(H,16,17)(H2,14,15,18)/t6-/m0/s1. The molecule has 0 spiro atoms. The molecule has 0 radical (unpaired) electrons.